The molecule has 0 saturated heterocycles. The molecule has 2 amide bonds. The SMILES string of the molecule is CC[C@H](CC(=O)NCC(CC(C)(C)C)C(=O)O)NC(=O)OCC1c2ccccc2-c2ccccc21. The third-order valence-corrected chi connectivity index (χ3v) is 6.34. The van der Waals surface area contributed by atoms with E-state index in [0.29, 0.717) is 12.8 Å². The maximum atomic E-state index is 12.5. The summed E-state index contributed by atoms with van der Waals surface area (Å²) in [5.41, 5.74) is 4.43. The van der Waals surface area contributed by atoms with Crippen LogP contribution in [0.3, 0.4) is 0 Å². The lowest BCUT2D eigenvalue weighted by Crippen LogP contribution is -2.41. The summed E-state index contributed by atoms with van der Waals surface area (Å²) >= 11 is 0. The molecule has 7 nitrogen and oxygen atoms in total. The average molecular weight is 481 g/mol. The van der Waals surface area contributed by atoms with Crippen LogP contribution < -0.4 is 10.6 Å². The fourth-order valence-electron chi connectivity index (χ4n) is 4.62. The van der Waals surface area contributed by atoms with E-state index in [4.69, 9.17) is 4.74 Å². The Bertz CT molecular complexity index is 1010. The van der Waals surface area contributed by atoms with Crippen LogP contribution in [0.5, 0.6) is 0 Å². The zero-order chi connectivity index (χ0) is 25.6. The van der Waals surface area contributed by atoms with Crippen LogP contribution in [0.25, 0.3) is 11.1 Å². The quantitative estimate of drug-likeness (QED) is 0.446. The van der Waals surface area contributed by atoms with Crippen molar-refractivity contribution < 1.29 is 24.2 Å². The molecule has 2 aromatic carbocycles. The highest BCUT2D eigenvalue weighted by atomic mass is 16.5. The standard InChI is InChI=1S/C28H36N2O5/c1-5-19(14-25(31)29-16-18(26(32)33)15-28(2,3)4)30-27(34)35-17-24-22-12-8-6-10-20(22)21-11-7-9-13-23(21)24/h6-13,18-19,24H,5,14-17H2,1-4H3,(H,29,31)(H,30,34)(H,32,33)/t18?,19-/m1/s1. The van der Waals surface area contributed by atoms with Crippen LogP contribution in [-0.4, -0.2) is 42.3 Å². The predicted molar refractivity (Wildman–Crippen MR) is 135 cm³/mol. The van der Waals surface area contributed by atoms with Gasteiger partial charge >= 0.3 is 12.1 Å². The van der Waals surface area contributed by atoms with E-state index in [1.807, 2.05) is 52.0 Å². The molecule has 0 bridgehead atoms. The lowest BCUT2D eigenvalue weighted by atomic mass is 9.84. The van der Waals surface area contributed by atoms with Gasteiger partial charge in [-0.3, -0.25) is 9.59 Å². The number of aliphatic carboxylic acids is 1. The lowest BCUT2D eigenvalue weighted by molar-refractivity contribution is -0.142. The number of carboxylic acid groups (broad SMARTS) is 1. The molecule has 7 heteroatoms. The molecular formula is C28H36N2O5. The van der Waals surface area contributed by atoms with Gasteiger partial charge in [0.05, 0.1) is 5.92 Å². The van der Waals surface area contributed by atoms with Crippen LogP contribution in [0.15, 0.2) is 48.5 Å². The van der Waals surface area contributed by atoms with E-state index in [1.54, 1.807) is 0 Å². The number of nitrogens with one attached hydrogen (secondary N) is 2. The van der Waals surface area contributed by atoms with Crippen LogP contribution in [0.2, 0.25) is 0 Å². The molecule has 0 aliphatic heterocycles. The number of rotatable bonds is 10. The Morgan fingerprint density at radius 2 is 1.57 bits per heavy atom. The van der Waals surface area contributed by atoms with E-state index in [2.05, 4.69) is 34.9 Å². The maximum absolute atomic E-state index is 12.5. The summed E-state index contributed by atoms with van der Waals surface area (Å²) in [6.07, 6.45) is 0.491. The minimum absolute atomic E-state index is 0.0349. The third-order valence-electron chi connectivity index (χ3n) is 6.34. The first kappa shape index (κ1) is 26.3. The fraction of sp³-hybridized carbons (Fsp3) is 0.464. The van der Waals surface area contributed by atoms with E-state index >= 15 is 0 Å². The fourth-order valence-corrected chi connectivity index (χ4v) is 4.62. The first-order valence-electron chi connectivity index (χ1n) is 12.2. The van der Waals surface area contributed by atoms with Gasteiger partial charge in [-0.15, -0.1) is 0 Å². The van der Waals surface area contributed by atoms with Crippen LogP contribution in [0, 0.1) is 11.3 Å². The number of carbonyl (C=O) groups excluding carboxylic acids is 2. The second kappa shape index (κ2) is 11.4. The van der Waals surface area contributed by atoms with Gasteiger partial charge in [-0.25, -0.2) is 4.79 Å². The minimum Gasteiger partial charge on any atom is -0.481 e. The summed E-state index contributed by atoms with van der Waals surface area (Å²) in [7, 11) is 0. The second-order valence-electron chi connectivity index (χ2n) is 10.4. The Labute approximate surface area is 207 Å². The number of hydrogen-bond acceptors (Lipinski definition) is 4. The molecule has 2 atom stereocenters. The Balaban J connectivity index is 1.51. The van der Waals surface area contributed by atoms with Crippen molar-refractivity contribution in [3.05, 3.63) is 59.7 Å². The highest BCUT2D eigenvalue weighted by Crippen LogP contribution is 2.44. The molecule has 0 spiro atoms. The van der Waals surface area contributed by atoms with E-state index in [0.717, 1.165) is 22.3 Å². The Morgan fingerprint density at radius 1 is 1.00 bits per heavy atom. The van der Waals surface area contributed by atoms with Gasteiger partial charge in [0.1, 0.15) is 6.61 Å². The molecule has 1 aliphatic carbocycles. The first-order valence-corrected chi connectivity index (χ1v) is 12.2. The summed E-state index contributed by atoms with van der Waals surface area (Å²) in [5, 5.41) is 14.9. The van der Waals surface area contributed by atoms with Crippen molar-refractivity contribution in [3.63, 3.8) is 0 Å². The summed E-state index contributed by atoms with van der Waals surface area (Å²) in [5.74, 6) is -1.92. The molecule has 3 N–H and O–H groups in total. The molecule has 35 heavy (non-hydrogen) atoms. The molecule has 0 radical (unpaired) electrons. The lowest BCUT2D eigenvalue weighted by Gasteiger charge is -2.24. The van der Waals surface area contributed by atoms with Gasteiger partial charge in [-0.2, -0.15) is 0 Å². The van der Waals surface area contributed by atoms with E-state index in [1.165, 1.54) is 0 Å². The number of carbonyl (C=O) groups is 3. The van der Waals surface area contributed by atoms with E-state index in [-0.39, 0.29) is 36.8 Å². The van der Waals surface area contributed by atoms with Crippen molar-refractivity contribution in [1.82, 2.24) is 10.6 Å². The van der Waals surface area contributed by atoms with Crippen LogP contribution in [0.1, 0.15) is 64.0 Å². The topological polar surface area (TPSA) is 105 Å². The predicted octanol–water partition coefficient (Wildman–Crippen LogP) is 4.95. The van der Waals surface area contributed by atoms with Gasteiger partial charge in [-0.05, 0) is 40.5 Å². The molecule has 0 heterocycles. The first-order chi connectivity index (χ1) is 16.6. The number of benzene rings is 2. The second-order valence-corrected chi connectivity index (χ2v) is 10.4. The molecule has 2 aromatic rings. The Morgan fingerprint density at radius 3 is 2.09 bits per heavy atom. The highest BCUT2D eigenvalue weighted by Gasteiger charge is 2.29. The van der Waals surface area contributed by atoms with E-state index in [9.17, 15) is 19.5 Å². The largest absolute Gasteiger partial charge is 0.481 e. The van der Waals surface area contributed by atoms with Gasteiger partial charge in [0, 0.05) is 24.9 Å². The van der Waals surface area contributed by atoms with Crippen LogP contribution in [0.4, 0.5) is 4.79 Å². The average Bonchev–Trinajstić information content (AvgIpc) is 3.13. The number of amides is 2. The highest BCUT2D eigenvalue weighted by molar-refractivity contribution is 5.80. The number of hydrogen-bond donors (Lipinski definition) is 3. The van der Waals surface area contributed by atoms with Gasteiger partial charge in [0.15, 0.2) is 0 Å². The summed E-state index contributed by atoms with van der Waals surface area (Å²) in [6.45, 7) is 8.05. The maximum Gasteiger partial charge on any atom is 0.407 e. The van der Waals surface area contributed by atoms with Crippen molar-refractivity contribution in [1.29, 1.82) is 0 Å². The van der Waals surface area contributed by atoms with Crippen molar-refractivity contribution >= 4 is 18.0 Å². The summed E-state index contributed by atoms with van der Waals surface area (Å²) in [6, 6.07) is 15.9. The summed E-state index contributed by atoms with van der Waals surface area (Å²) in [4.78, 5) is 36.5. The molecule has 1 aliphatic rings. The van der Waals surface area contributed by atoms with Gasteiger partial charge in [0.2, 0.25) is 5.91 Å². The zero-order valence-corrected chi connectivity index (χ0v) is 21.0. The van der Waals surface area contributed by atoms with Crippen molar-refractivity contribution in [2.45, 2.75) is 58.9 Å². The molecule has 0 aromatic heterocycles. The molecule has 3 rings (SSSR count). The van der Waals surface area contributed by atoms with Gasteiger partial charge in [-0.1, -0.05) is 76.2 Å². The number of fused-ring (bicyclic) bond motifs is 3. The number of carboxylic acids is 1. The van der Waals surface area contributed by atoms with Crippen LogP contribution in [-0.2, 0) is 14.3 Å². The summed E-state index contributed by atoms with van der Waals surface area (Å²) < 4.78 is 5.58. The normalized spacial score (nSPS) is 14.4. The Hall–Kier alpha value is -3.35. The minimum atomic E-state index is -0.927. The van der Waals surface area contributed by atoms with Gasteiger partial charge < -0.3 is 20.5 Å². The van der Waals surface area contributed by atoms with Crippen molar-refractivity contribution in [3.8, 4) is 11.1 Å². The molecular weight excluding hydrogens is 444 g/mol. The van der Waals surface area contributed by atoms with Crippen molar-refractivity contribution in [2.75, 3.05) is 13.2 Å². The monoisotopic (exact) mass is 480 g/mol. The molecule has 1 unspecified atom stereocenters. The Kier molecular flexibility index (Phi) is 8.54. The van der Waals surface area contributed by atoms with Crippen LogP contribution >= 0.6 is 0 Å². The number of ether oxygens (including phenoxy) is 1. The molecule has 0 fully saturated rings. The number of alkyl carbamates (subject to hydrolysis) is 1. The zero-order valence-electron chi connectivity index (χ0n) is 21.0. The van der Waals surface area contributed by atoms with Crippen molar-refractivity contribution in [2.24, 2.45) is 11.3 Å². The molecule has 0 saturated carbocycles. The molecule has 188 valence electrons. The van der Waals surface area contributed by atoms with E-state index < -0.39 is 24.0 Å². The third kappa shape index (κ3) is 7.07. The van der Waals surface area contributed by atoms with Gasteiger partial charge in [0.25, 0.3) is 0 Å². The smallest absolute Gasteiger partial charge is 0.407 e.